The van der Waals surface area contributed by atoms with Crippen LogP contribution in [0.1, 0.15) is 29.2 Å². The van der Waals surface area contributed by atoms with Gasteiger partial charge in [0.15, 0.2) is 0 Å². The number of ether oxygens (including phenoxy) is 1. The number of sulfonamides is 1. The highest BCUT2D eigenvalue weighted by atomic mass is 32.2. The molecule has 0 spiro atoms. The Morgan fingerprint density at radius 1 is 0.970 bits per heavy atom. The summed E-state index contributed by atoms with van der Waals surface area (Å²) >= 11 is 1.64. The Morgan fingerprint density at radius 3 is 2.18 bits per heavy atom. The zero-order valence-corrected chi connectivity index (χ0v) is 21.0. The summed E-state index contributed by atoms with van der Waals surface area (Å²) in [6, 6.07) is 19.6. The van der Waals surface area contributed by atoms with Crippen molar-refractivity contribution >= 4 is 27.3 Å². The minimum Gasteiger partial charge on any atom is -0.497 e. The van der Waals surface area contributed by atoms with Crippen molar-refractivity contribution in [3.8, 4) is 5.75 Å². The van der Waals surface area contributed by atoms with E-state index in [1.165, 1.54) is 28.4 Å². The molecule has 0 aliphatic carbocycles. The molecule has 0 saturated heterocycles. The molecule has 6 nitrogen and oxygen atoms in total. The lowest BCUT2D eigenvalue weighted by atomic mass is 10.2. The maximum absolute atomic E-state index is 13.5. The van der Waals surface area contributed by atoms with E-state index in [-0.39, 0.29) is 23.4 Å². The third-order valence-corrected chi connectivity index (χ3v) is 8.27. The number of aryl methyl sites for hydroxylation is 1. The normalized spacial score (nSPS) is 11.7. The lowest BCUT2D eigenvalue weighted by Crippen LogP contribution is -2.45. The summed E-state index contributed by atoms with van der Waals surface area (Å²) in [5.41, 5.74) is 0.994. The zero-order chi connectivity index (χ0) is 24.0. The molecule has 3 aromatic rings. The van der Waals surface area contributed by atoms with E-state index < -0.39 is 10.0 Å². The van der Waals surface area contributed by atoms with Gasteiger partial charge in [0.1, 0.15) is 5.75 Å². The average molecular weight is 487 g/mol. The van der Waals surface area contributed by atoms with Crippen LogP contribution in [0, 0.1) is 6.92 Å². The van der Waals surface area contributed by atoms with Gasteiger partial charge in [0.2, 0.25) is 15.9 Å². The maximum Gasteiger partial charge on any atom is 0.243 e. The molecule has 0 radical (unpaired) electrons. The Kier molecular flexibility index (Phi) is 8.29. The number of thiophene rings is 1. The van der Waals surface area contributed by atoms with E-state index in [1.54, 1.807) is 42.2 Å². The van der Waals surface area contributed by atoms with Gasteiger partial charge >= 0.3 is 0 Å². The highest BCUT2D eigenvalue weighted by molar-refractivity contribution is 7.89. The van der Waals surface area contributed by atoms with Gasteiger partial charge in [0, 0.05) is 22.3 Å². The van der Waals surface area contributed by atoms with E-state index in [2.05, 4.69) is 0 Å². The molecule has 33 heavy (non-hydrogen) atoms. The van der Waals surface area contributed by atoms with Gasteiger partial charge in [-0.25, -0.2) is 8.42 Å². The van der Waals surface area contributed by atoms with Crippen LogP contribution in [0.15, 0.2) is 71.6 Å². The largest absolute Gasteiger partial charge is 0.497 e. The first-order valence-corrected chi connectivity index (χ1v) is 13.0. The smallest absolute Gasteiger partial charge is 0.243 e. The molecule has 0 saturated carbocycles. The molecule has 0 aliphatic rings. The number of carbonyl (C=O) groups excluding carboxylic acids is 1. The predicted octanol–water partition coefficient (Wildman–Crippen LogP) is 4.69. The van der Waals surface area contributed by atoms with E-state index in [1.807, 2.05) is 49.4 Å². The molecular weight excluding hydrogens is 456 g/mol. The molecule has 0 aliphatic heterocycles. The maximum atomic E-state index is 13.5. The third kappa shape index (κ3) is 6.43. The fraction of sp³-hybridized carbons (Fsp3) is 0.320. The van der Waals surface area contributed by atoms with Crippen LogP contribution in [-0.4, -0.2) is 43.2 Å². The SMILES string of the molecule is COc1ccc(S(=O)(=O)N(CC(=O)N(Cc2ccccc2)Cc2ccc(C)s2)C(C)C)cc1. The quantitative estimate of drug-likeness (QED) is 0.417. The Morgan fingerprint density at radius 2 is 1.64 bits per heavy atom. The molecule has 3 rings (SSSR count). The molecule has 0 atom stereocenters. The second-order valence-corrected chi connectivity index (χ2v) is 11.3. The number of hydrogen-bond donors (Lipinski definition) is 0. The average Bonchev–Trinajstić information content (AvgIpc) is 3.21. The standard InChI is InChI=1S/C25H30N2O4S2/c1-19(2)27(33(29,30)24-14-11-22(31-4)12-15-24)18-25(28)26(16-21-8-6-5-7-9-21)17-23-13-10-20(3)32-23/h5-15,19H,16-18H2,1-4H3. The molecule has 0 fully saturated rings. The van der Waals surface area contributed by atoms with Crippen LogP contribution in [0.4, 0.5) is 0 Å². The Bertz CT molecular complexity index is 1160. The molecule has 0 N–H and O–H groups in total. The van der Waals surface area contributed by atoms with Crippen LogP contribution >= 0.6 is 11.3 Å². The van der Waals surface area contributed by atoms with Crippen LogP contribution in [0.2, 0.25) is 0 Å². The zero-order valence-electron chi connectivity index (χ0n) is 19.4. The second kappa shape index (κ2) is 11.0. The summed E-state index contributed by atoms with van der Waals surface area (Å²) in [6.45, 7) is 6.19. The monoisotopic (exact) mass is 486 g/mol. The van der Waals surface area contributed by atoms with Gasteiger partial charge in [0.25, 0.3) is 0 Å². The minimum absolute atomic E-state index is 0.133. The molecule has 0 bridgehead atoms. The van der Waals surface area contributed by atoms with Gasteiger partial charge in [-0.05, 0) is 62.7 Å². The van der Waals surface area contributed by atoms with Crippen molar-refractivity contribution in [2.24, 2.45) is 0 Å². The summed E-state index contributed by atoms with van der Waals surface area (Å²) < 4.78 is 33.1. The van der Waals surface area contributed by atoms with Crippen LogP contribution in [0.25, 0.3) is 0 Å². The summed E-state index contributed by atoms with van der Waals surface area (Å²) in [4.78, 5) is 17.5. The fourth-order valence-corrected chi connectivity index (χ4v) is 5.95. The van der Waals surface area contributed by atoms with E-state index >= 15 is 0 Å². The molecule has 1 heterocycles. The highest BCUT2D eigenvalue weighted by Crippen LogP contribution is 2.23. The highest BCUT2D eigenvalue weighted by Gasteiger charge is 2.31. The van der Waals surface area contributed by atoms with Gasteiger partial charge < -0.3 is 9.64 Å². The molecule has 1 aromatic heterocycles. The first-order valence-electron chi connectivity index (χ1n) is 10.7. The Balaban J connectivity index is 1.86. The topological polar surface area (TPSA) is 66.9 Å². The van der Waals surface area contributed by atoms with Gasteiger partial charge in [-0.1, -0.05) is 30.3 Å². The van der Waals surface area contributed by atoms with Crippen molar-refractivity contribution in [3.05, 3.63) is 82.0 Å². The van der Waals surface area contributed by atoms with Gasteiger partial charge in [-0.3, -0.25) is 4.79 Å². The first kappa shape index (κ1) is 25.0. The molecule has 1 amide bonds. The van der Waals surface area contributed by atoms with Gasteiger partial charge in [0.05, 0.1) is 25.1 Å². The van der Waals surface area contributed by atoms with Crippen molar-refractivity contribution in [2.45, 2.75) is 44.8 Å². The number of methoxy groups -OCH3 is 1. The summed E-state index contributed by atoms with van der Waals surface area (Å²) in [5.74, 6) is 0.331. The van der Waals surface area contributed by atoms with Crippen LogP contribution < -0.4 is 4.74 Å². The molecular formula is C25H30N2O4S2. The number of carbonyl (C=O) groups is 1. The Labute approximate surface area is 200 Å². The van der Waals surface area contributed by atoms with Gasteiger partial charge in [-0.2, -0.15) is 4.31 Å². The summed E-state index contributed by atoms with van der Waals surface area (Å²) in [6.07, 6.45) is 0. The fourth-order valence-electron chi connectivity index (χ4n) is 3.46. The number of nitrogens with zero attached hydrogens (tertiary/aromatic N) is 2. The van der Waals surface area contributed by atoms with E-state index in [0.29, 0.717) is 18.8 Å². The van der Waals surface area contributed by atoms with Crippen molar-refractivity contribution in [1.82, 2.24) is 9.21 Å². The van der Waals surface area contributed by atoms with E-state index in [4.69, 9.17) is 4.74 Å². The number of hydrogen-bond acceptors (Lipinski definition) is 5. The molecule has 8 heteroatoms. The van der Waals surface area contributed by atoms with Crippen molar-refractivity contribution < 1.29 is 17.9 Å². The minimum atomic E-state index is -3.86. The van der Waals surface area contributed by atoms with Crippen LogP contribution in [0.3, 0.4) is 0 Å². The number of benzene rings is 2. The second-order valence-electron chi connectivity index (χ2n) is 8.07. The lowest BCUT2D eigenvalue weighted by molar-refractivity contribution is -0.132. The number of rotatable bonds is 10. The van der Waals surface area contributed by atoms with Crippen molar-refractivity contribution in [2.75, 3.05) is 13.7 Å². The Hall–Kier alpha value is -2.68. The van der Waals surface area contributed by atoms with E-state index in [9.17, 15) is 13.2 Å². The van der Waals surface area contributed by atoms with Gasteiger partial charge in [-0.15, -0.1) is 11.3 Å². The predicted molar refractivity (Wildman–Crippen MR) is 132 cm³/mol. The van der Waals surface area contributed by atoms with Crippen LogP contribution in [-0.2, 0) is 27.9 Å². The summed E-state index contributed by atoms with van der Waals surface area (Å²) in [5, 5.41) is 0. The summed E-state index contributed by atoms with van der Waals surface area (Å²) in [7, 11) is -2.34. The molecule has 2 aromatic carbocycles. The first-order chi connectivity index (χ1) is 15.7. The third-order valence-electron chi connectivity index (χ3n) is 5.24. The number of amides is 1. The van der Waals surface area contributed by atoms with Crippen molar-refractivity contribution in [1.29, 1.82) is 0 Å². The molecule has 176 valence electrons. The van der Waals surface area contributed by atoms with Crippen molar-refractivity contribution in [3.63, 3.8) is 0 Å². The lowest BCUT2D eigenvalue weighted by Gasteiger charge is -2.29. The van der Waals surface area contributed by atoms with E-state index in [0.717, 1.165) is 10.4 Å². The van der Waals surface area contributed by atoms with Crippen LogP contribution in [0.5, 0.6) is 5.75 Å². The molecule has 0 unspecified atom stereocenters.